The highest BCUT2D eigenvalue weighted by Crippen LogP contribution is 2.26. The van der Waals surface area contributed by atoms with E-state index < -0.39 is 17.8 Å². The maximum atomic E-state index is 12.5. The van der Waals surface area contributed by atoms with E-state index in [1.54, 1.807) is 39.0 Å². The Kier molecular flexibility index (Phi) is 8.32. The van der Waals surface area contributed by atoms with E-state index in [-0.39, 0.29) is 23.4 Å². The van der Waals surface area contributed by atoms with Crippen molar-refractivity contribution in [1.82, 2.24) is 10.3 Å². The molecule has 2 aromatic rings. The number of benzene rings is 1. The van der Waals surface area contributed by atoms with Gasteiger partial charge >= 0.3 is 6.09 Å². The standard InChI is InChI=1S/C21H25Cl2N3O4/c1-5-17(29-19-16(23)10-14(22)12-25-19)18(27)24-11-13-7-6-8-15(9-13)26-20(28)30-21(2,3)4/h6-10,12,17H,5,11H2,1-4H3,(H,24,27)(H,26,28)/t17-/m1/s1. The molecule has 0 spiro atoms. The van der Waals surface area contributed by atoms with E-state index in [2.05, 4.69) is 15.6 Å². The Morgan fingerprint density at radius 1 is 1.20 bits per heavy atom. The van der Waals surface area contributed by atoms with E-state index in [1.165, 1.54) is 12.3 Å². The number of anilines is 1. The Morgan fingerprint density at radius 3 is 2.57 bits per heavy atom. The molecule has 162 valence electrons. The fraction of sp³-hybridized carbons (Fsp3) is 0.381. The van der Waals surface area contributed by atoms with Crippen LogP contribution in [0.4, 0.5) is 10.5 Å². The number of amides is 2. The molecule has 1 heterocycles. The van der Waals surface area contributed by atoms with Crippen molar-refractivity contribution in [3.05, 3.63) is 52.1 Å². The monoisotopic (exact) mass is 453 g/mol. The maximum Gasteiger partial charge on any atom is 0.412 e. The minimum atomic E-state index is -0.765. The molecular weight excluding hydrogens is 429 g/mol. The molecule has 7 nitrogen and oxygen atoms in total. The number of aromatic nitrogens is 1. The third-order valence-corrected chi connectivity index (χ3v) is 4.21. The summed E-state index contributed by atoms with van der Waals surface area (Å²) in [4.78, 5) is 28.5. The molecule has 0 aliphatic rings. The van der Waals surface area contributed by atoms with Crippen LogP contribution in [0.5, 0.6) is 5.88 Å². The second-order valence-electron chi connectivity index (χ2n) is 7.50. The quantitative estimate of drug-likeness (QED) is 0.600. The smallest absolute Gasteiger partial charge is 0.412 e. The number of pyridine rings is 1. The van der Waals surface area contributed by atoms with Crippen LogP contribution in [0.15, 0.2) is 36.5 Å². The van der Waals surface area contributed by atoms with Gasteiger partial charge < -0.3 is 14.8 Å². The molecule has 1 atom stereocenters. The van der Waals surface area contributed by atoms with E-state index in [0.717, 1.165) is 5.56 Å². The van der Waals surface area contributed by atoms with Crippen molar-refractivity contribution in [1.29, 1.82) is 0 Å². The summed E-state index contributed by atoms with van der Waals surface area (Å²) in [5, 5.41) is 6.10. The Labute approximate surface area is 186 Å². The van der Waals surface area contributed by atoms with Gasteiger partial charge in [0.2, 0.25) is 5.88 Å². The lowest BCUT2D eigenvalue weighted by molar-refractivity contribution is -0.128. The van der Waals surface area contributed by atoms with Crippen LogP contribution in [-0.4, -0.2) is 28.7 Å². The Hall–Kier alpha value is -2.51. The highest BCUT2D eigenvalue weighted by molar-refractivity contribution is 6.35. The zero-order valence-corrected chi connectivity index (χ0v) is 18.8. The molecule has 0 aliphatic carbocycles. The first-order chi connectivity index (χ1) is 14.1. The van der Waals surface area contributed by atoms with Crippen molar-refractivity contribution in [2.45, 2.75) is 52.4 Å². The SMILES string of the molecule is CC[C@@H](Oc1ncc(Cl)cc1Cl)C(=O)NCc1cccc(NC(=O)OC(C)(C)C)c1. The summed E-state index contributed by atoms with van der Waals surface area (Å²) in [6, 6.07) is 8.60. The molecule has 0 unspecified atom stereocenters. The molecule has 0 saturated heterocycles. The number of carbonyl (C=O) groups excluding carboxylic acids is 2. The number of nitrogens with zero attached hydrogens (tertiary/aromatic N) is 1. The van der Waals surface area contributed by atoms with Gasteiger partial charge in [-0.15, -0.1) is 0 Å². The van der Waals surface area contributed by atoms with Crippen molar-refractivity contribution in [3.63, 3.8) is 0 Å². The van der Waals surface area contributed by atoms with Gasteiger partial charge in [0.1, 0.15) is 10.6 Å². The van der Waals surface area contributed by atoms with Gasteiger partial charge in [0, 0.05) is 18.4 Å². The van der Waals surface area contributed by atoms with Crippen molar-refractivity contribution in [3.8, 4) is 5.88 Å². The summed E-state index contributed by atoms with van der Waals surface area (Å²) in [7, 11) is 0. The van der Waals surface area contributed by atoms with Crippen LogP contribution in [-0.2, 0) is 16.1 Å². The third-order valence-electron chi connectivity index (χ3n) is 3.73. The van der Waals surface area contributed by atoms with E-state index in [1.807, 2.05) is 13.0 Å². The van der Waals surface area contributed by atoms with Crippen LogP contribution in [0.2, 0.25) is 10.0 Å². The highest BCUT2D eigenvalue weighted by atomic mass is 35.5. The number of nitrogens with one attached hydrogen (secondary N) is 2. The summed E-state index contributed by atoms with van der Waals surface area (Å²) in [6.07, 6.45) is 0.512. The van der Waals surface area contributed by atoms with Crippen molar-refractivity contribution < 1.29 is 19.1 Å². The molecule has 0 bridgehead atoms. The summed E-state index contributed by atoms with van der Waals surface area (Å²) in [5.41, 5.74) is 0.776. The second kappa shape index (κ2) is 10.5. The molecule has 0 radical (unpaired) electrons. The molecule has 30 heavy (non-hydrogen) atoms. The molecular formula is C21H25Cl2N3O4. The predicted molar refractivity (Wildman–Crippen MR) is 117 cm³/mol. The van der Waals surface area contributed by atoms with Gasteiger partial charge in [-0.05, 0) is 51.0 Å². The van der Waals surface area contributed by atoms with Crippen molar-refractivity contribution >= 4 is 40.9 Å². The molecule has 2 amide bonds. The number of rotatable bonds is 7. The van der Waals surface area contributed by atoms with Crippen LogP contribution in [0.25, 0.3) is 0 Å². The average Bonchev–Trinajstić information content (AvgIpc) is 2.64. The molecule has 0 saturated carbocycles. The number of ether oxygens (including phenoxy) is 2. The molecule has 0 fully saturated rings. The van der Waals surface area contributed by atoms with Crippen LogP contribution >= 0.6 is 23.2 Å². The second-order valence-corrected chi connectivity index (χ2v) is 8.34. The minimum Gasteiger partial charge on any atom is -0.463 e. The summed E-state index contributed by atoms with van der Waals surface area (Å²) in [6.45, 7) is 7.44. The Balaban J connectivity index is 1.95. The van der Waals surface area contributed by atoms with E-state index in [0.29, 0.717) is 17.1 Å². The van der Waals surface area contributed by atoms with Crippen molar-refractivity contribution in [2.75, 3.05) is 5.32 Å². The summed E-state index contributed by atoms with van der Waals surface area (Å²) in [5.74, 6) is -0.164. The fourth-order valence-electron chi connectivity index (χ4n) is 2.43. The fourth-order valence-corrected chi connectivity index (χ4v) is 2.85. The van der Waals surface area contributed by atoms with Crippen LogP contribution in [0.1, 0.15) is 39.7 Å². The summed E-state index contributed by atoms with van der Waals surface area (Å²) < 4.78 is 10.9. The first-order valence-corrected chi connectivity index (χ1v) is 10.2. The van der Waals surface area contributed by atoms with Gasteiger partial charge in [-0.3, -0.25) is 10.1 Å². The molecule has 2 rings (SSSR count). The number of hydrogen-bond donors (Lipinski definition) is 2. The molecule has 0 aliphatic heterocycles. The maximum absolute atomic E-state index is 12.5. The van der Waals surface area contributed by atoms with Gasteiger partial charge in [0.05, 0.1) is 5.02 Å². The third kappa shape index (κ3) is 7.72. The number of halogens is 2. The minimum absolute atomic E-state index is 0.145. The van der Waals surface area contributed by atoms with Gasteiger partial charge in [-0.2, -0.15) is 0 Å². The van der Waals surface area contributed by atoms with Crippen LogP contribution in [0, 0.1) is 0 Å². The highest BCUT2D eigenvalue weighted by Gasteiger charge is 2.20. The first-order valence-electron chi connectivity index (χ1n) is 9.41. The van der Waals surface area contributed by atoms with E-state index in [9.17, 15) is 9.59 Å². The predicted octanol–water partition coefficient (Wildman–Crippen LogP) is 5.21. The van der Waals surface area contributed by atoms with Crippen molar-refractivity contribution in [2.24, 2.45) is 0 Å². The number of hydrogen-bond acceptors (Lipinski definition) is 5. The molecule has 1 aromatic carbocycles. The van der Waals surface area contributed by atoms with Crippen LogP contribution in [0.3, 0.4) is 0 Å². The van der Waals surface area contributed by atoms with Gasteiger partial charge in [-0.1, -0.05) is 42.3 Å². The average molecular weight is 454 g/mol. The largest absolute Gasteiger partial charge is 0.463 e. The summed E-state index contributed by atoms with van der Waals surface area (Å²) >= 11 is 11.9. The lowest BCUT2D eigenvalue weighted by atomic mass is 10.2. The zero-order chi connectivity index (χ0) is 22.3. The Bertz CT molecular complexity index is 900. The molecule has 2 N–H and O–H groups in total. The zero-order valence-electron chi connectivity index (χ0n) is 17.3. The van der Waals surface area contributed by atoms with Crippen LogP contribution < -0.4 is 15.4 Å². The molecule has 1 aromatic heterocycles. The lowest BCUT2D eigenvalue weighted by Crippen LogP contribution is -2.37. The lowest BCUT2D eigenvalue weighted by Gasteiger charge is -2.20. The van der Waals surface area contributed by atoms with E-state index >= 15 is 0 Å². The number of carbonyl (C=O) groups is 2. The topological polar surface area (TPSA) is 89.5 Å². The Morgan fingerprint density at radius 2 is 1.93 bits per heavy atom. The molecule has 9 heteroatoms. The first kappa shape index (κ1) is 23.8. The van der Waals surface area contributed by atoms with E-state index in [4.69, 9.17) is 32.7 Å². The van der Waals surface area contributed by atoms with Gasteiger partial charge in [0.15, 0.2) is 6.10 Å². The van der Waals surface area contributed by atoms with Gasteiger partial charge in [0.25, 0.3) is 5.91 Å². The van der Waals surface area contributed by atoms with Gasteiger partial charge in [-0.25, -0.2) is 9.78 Å². The normalized spacial score (nSPS) is 12.1.